The number of unbranched alkanes of at least 4 members (excludes halogenated alkanes) is 1. The third-order valence-electron chi connectivity index (χ3n) is 4.34. The lowest BCUT2D eigenvalue weighted by Gasteiger charge is -2.24. The first-order valence-corrected chi connectivity index (χ1v) is 8.21. The topological polar surface area (TPSA) is 28.2 Å². The van der Waals surface area contributed by atoms with E-state index < -0.39 is 0 Å². The number of likely N-dealkylation sites (tertiary alicyclic amines) is 1. The van der Waals surface area contributed by atoms with E-state index in [9.17, 15) is 0 Å². The maximum Gasteiger partial charge on any atom is 0.126 e. The van der Waals surface area contributed by atoms with Crippen LogP contribution in [0.15, 0.2) is 18.3 Å². The highest BCUT2D eigenvalue weighted by Gasteiger charge is 2.25. The molecule has 0 amide bonds. The fourth-order valence-corrected chi connectivity index (χ4v) is 2.87. The monoisotopic (exact) mass is 275 g/mol. The molecule has 1 aliphatic heterocycles. The van der Waals surface area contributed by atoms with E-state index in [0.29, 0.717) is 12.1 Å². The average Bonchev–Trinajstić information content (AvgIpc) is 2.94. The second-order valence-electron chi connectivity index (χ2n) is 5.98. The minimum absolute atomic E-state index is 0.487. The van der Waals surface area contributed by atoms with Crippen LogP contribution in [-0.4, -0.2) is 29.0 Å². The lowest BCUT2D eigenvalue weighted by Crippen LogP contribution is -2.24. The molecule has 2 heterocycles. The molecule has 20 heavy (non-hydrogen) atoms. The second kappa shape index (κ2) is 7.63. The summed E-state index contributed by atoms with van der Waals surface area (Å²) in [6.07, 6.45) is 8.37. The normalized spacial score (nSPS) is 21.1. The minimum atomic E-state index is 0.487. The molecule has 0 saturated carbocycles. The van der Waals surface area contributed by atoms with Crippen LogP contribution < -0.4 is 5.32 Å². The fourth-order valence-electron chi connectivity index (χ4n) is 2.87. The maximum atomic E-state index is 4.59. The van der Waals surface area contributed by atoms with Crippen molar-refractivity contribution in [3.8, 4) is 0 Å². The molecule has 1 aromatic rings. The number of aromatic nitrogens is 1. The average molecular weight is 275 g/mol. The van der Waals surface area contributed by atoms with Crippen molar-refractivity contribution in [2.45, 2.75) is 65.0 Å². The Morgan fingerprint density at radius 1 is 1.40 bits per heavy atom. The highest BCUT2D eigenvalue weighted by molar-refractivity contribution is 5.37. The van der Waals surface area contributed by atoms with Crippen LogP contribution >= 0.6 is 0 Å². The summed E-state index contributed by atoms with van der Waals surface area (Å²) in [5.74, 6) is 1.00. The first-order valence-electron chi connectivity index (χ1n) is 8.21. The lowest BCUT2D eigenvalue weighted by atomic mass is 10.1. The van der Waals surface area contributed by atoms with Gasteiger partial charge in [-0.15, -0.1) is 0 Å². The van der Waals surface area contributed by atoms with Crippen LogP contribution in [0.1, 0.15) is 64.5 Å². The van der Waals surface area contributed by atoms with Crippen LogP contribution in [0.4, 0.5) is 5.82 Å². The van der Waals surface area contributed by atoms with Gasteiger partial charge in [0.2, 0.25) is 0 Å². The third-order valence-corrected chi connectivity index (χ3v) is 4.34. The third kappa shape index (κ3) is 3.95. The Hall–Kier alpha value is -1.09. The summed E-state index contributed by atoms with van der Waals surface area (Å²) in [5.41, 5.74) is 1.38. The second-order valence-corrected chi connectivity index (χ2v) is 5.98. The zero-order valence-electron chi connectivity index (χ0n) is 13.2. The van der Waals surface area contributed by atoms with Gasteiger partial charge in [-0.25, -0.2) is 4.98 Å². The van der Waals surface area contributed by atoms with Crippen LogP contribution in [0, 0.1) is 0 Å². The summed E-state index contributed by atoms with van der Waals surface area (Å²) in [6.45, 7) is 9.13. The van der Waals surface area contributed by atoms with Gasteiger partial charge in [0.1, 0.15) is 5.82 Å². The van der Waals surface area contributed by atoms with Crippen LogP contribution in [0.2, 0.25) is 0 Å². The molecule has 3 heteroatoms. The molecule has 2 atom stereocenters. The lowest BCUT2D eigenvalue weighted by molar-refractivity contribution is 0.253. The van der Waals surface area contributed by atoms with Crippen molar-refractivity contribution in [3.63, 3.8) is 0 Å². The molecule has 1 aromatic heterocycles. The molecular formula is C17H29N3. The zero-order chi connectivity index (χ0) is 14.4. The summed E-state index contributed by atoms with van der Waals surface area (Å²) >= 11 is 0. The van der Waals surface area contributed by atoms with Crippen molar-refractivity contribution in [3.05, 3.63) is 23.9 Å². The number of nitrogens with one attached hydrogen (secondary N) is 1. The molecule has 1 saturated heterocycles. The van der Waals surface area contributed by atoms with E-state index in [1.165, 1.54) is 44.3 Å². The molecule has 3 nitrogen and oxygen atoms in total. The van der Waals surface area contributed by atoms with Gasteiger partial charge >= 0.3 is 0 Å². The summed E-state index contributed by atoms with van der Waals surface area (Å²) in [7, 11) is 0. The molecule has 0 aromatic carbocycles. The van der Waals surface area contributed by atoms with E-state index in [0.717, 1.165) is 12.2 Å². The highest BCUT2D eigenvalue weighted by atomic mass is 15.2. The molecule has 0 bridgehead atoms. The van der Waals surface area contributed by atoms with E-state index in [1.54, 1.807) is 0 Å². The predicted octanol–water partition coefficient (Wildman–Crippen LogP) is 4.23. The Kier molecular flexibility index (Phi) is 5.84. The van der Waals surface area contributed by atoms with Crippen molar-refractivity contribution in [1.29, 1.82) is 0 Å². The molecule has 1 N–H and O–H groups in total. The van der Waals surface area contributed by atoms with Crippen LogP contribution in [-0.2, 0) is 0 Å². The van der Waals surface area contributed by atoms with Gasteiger partial charge in [-0.3, -0.25) is 4.90 Å². The van der Waals surface area contributed by atoms with Crippen molar-refractivity contribution >= 4 is 5.82 Å². The fraction of sp³-hybridized carbons (Fsp3) is 0.706. The van der Waals surface area contributed by atoms with E-state index >= 15 is 0 Å². The summed E-state index contributed by atoms with van der Waals surface area (Å²) < 4.78 is 0. The Bertz CT molecular complexity index is 388. The van der Waals surface area contributed by atoms with Gasteiger partial charge in [0, 0.05) is 18.3 Å². The zero-order valence-corrected chi connectivity index (χ0v) is 13.2. The Morgan fingerprint density at radius 2 is 2.25 bits per heavy atom. The SMILES string of the molecule is CCCCN1CCC[C@H]1c1ccc(N[C@@H](C)CC)nc1. The number of anilines is 1. The van der Waals surface area contributed by atoms with Gasteiger partial charge in [0.15, 0.2) is 0 Å². The molecule has 0 unspecified atom stereocenters. The van der Waals surface area contributed by atoms with E-state index in [4.69, 9.17) is 0 Å². The Balaban J connectivity index is 1.98. The van der Waals surface area contributed by atoms with Gasteiger partial charge in [0.25, 0.3) is 0 Å². The van der Waals surface area contributed by atoms with Gasteiger partial charge < -0.3 is 5.32 Å². The Labute approximate surface area is 123 Å². The smallest absolute Gasteiger partial charge is 0.126 e. The predicted molar refractivity (Wildman–Crippen MR) is 86.1 cm³/mol. The molecule has 1 fully saturated rings. The number of hydrogen-bond acceptors (Lipinski definition) is 3. The quantitative estimate of drug-likeness (QED) is 0.807. The van der Waals surface area contributed by atoms with Crippen LogP contribution in [0.3, 0.4) is 0 Å². The molecule has 0 spiro atoms. The maximum absolute atomic E-state index is 4.59. The molecular weight excluding hydrogens is 246 g/mol. The molecule has 2 rings (SSSR count). The first-order chi connectivity index (χ1) is 9.74. The van der Waals surface area contributed by atoms with Gasteiger partial charge in [-0.2, -0.15) is 0 Å². The van der Waals surface area contributed by atoms with E-state index in [2.05, 4.69) is 54.3 Å². The van der Waals surface area contributed by atoms with Crippen molar-refractivity contribution in [1.82, 2.24) is 9.88 Å². The van der Waals surface area contributed by atoms with Gasteiger partial charge in [-0.1, -0.05) is 26.3 Å². The molecule has 0 radical (unpaired) electrons. The number of pyridine rings is 1. The van der Waals surface area contributed by atoms with Crippen molar-refractivity contribution in [2.75, 3.05) is 18.4 Å². The Morgan fingerprint density at radius 3 is 2.90 bits per heavy atom. The summed E-state index contributed by atoms with van der Waals surface area (Å²) in [4.78, 5) is 7.22. The van der Waals surface area contributed by atoms with Crippen molar-refractivity contribution < 1.29 is 0 Å². The number of rotatable bonds is 7. The van der Waals surface area contributed by atoms with Crippen LogP contribution in [0.25, 0.3) is 0 Å². The minimum Gasteiger partial charge on any atom is -0.368 e. The van der Waals surface area contributed by atoms with Gasteiger partial charge in [0.05, 0.1) is 0 Å². The first kappa shape index (κ1) is 15.3. The number of nitrogens with zero attached hydrogens (tertiary/aromatic N) is 2. The van der Waals surface area contributed by atoms with E-state index in [1.807, 2.05) is 0 Å². The van der Waals surface area contributed by atoms with Gasteiger partial charge in [-0.05, 0) is 57.3 Å². The highest BCUT2D eigenvalue weighted by Crippen LogP contribution is 2.31. The summed E-state index contributed by atoms with van der Waals surface area (Å²) in [6, 6.07) is 5.47. The van der Waals surface area contributed by atoms with Crippen molar-refractivity contribution in [2.24, 2.45) is 0 Å². The molecule has 0 aliphatic carbocycles. The molecule has 112 valence electrons. The van der Waals surface area contributed by atoms with Crippen LogP contribution in [0.5, 0.6) is 0 Å². The largest absolute Gasteiger partial charge is 0.368 e. The number of hydrogen-bond donors (Lipinski definition) is 1. The molecule has 1 aliphatic rings. The van der Waals surface area contributed by atoms with E-state index in [-0.39, 0.29) is 0 Å². The summed E-state index contributed by atoms with van der Waals surface area (Å²) in [5, 5.41) is 3.43. The standard InChI is InChI=1S/C17H29N3/c1-4-6-11-20-12-7-8-16(20)15-9-10-17(18-13-15)19-14(3)5-2/h9-10,13-14,16H,4-8,11-12H2,1-3H3,(H,18,19)/t14-,16-/m0/s1.